The largest absolute Gasteiger partial charge is 0.454 e. The molecule has 0 aliphatic heterocycles. The van der Waals surface area contributed by atoms with E-state index in [4.69, 9.17) is 4.74 Å². The van der Waals surface area contributed by atoms with E-state index in [0.717, 1.165) is 10.4 Å². The van der Waals surface area contributed by atoms with E-state index in [2.05, 4.69) is 9.97 Å². The highest BCUT2D eigenvalue weighted by Crippen LogP contribution is 2.25. The van der Waals surface area contributed by atoms with Gasteiger partial charge in [-0.2, -0.15) is 4.31 Å². The average molecular weight is 450 g/mol. The molecule has 0 amide bonds. The van der Waals surface area contributed by atoms with Crippen LogP contribution in [0.2, 0.25) is 0 Å². The van der Waals surface area contributed by atoms with Crippen molar-refractivity contribution >= 4 is 37.5 Å². The normalized spacial score (nSPS) is 11.9. The van der Waals surface area contributed by atoms with E-state index in [0.29, 0.717) is 23.3 Å². The quantitative estimate of drug-likeness (QED) is 0.556. The Balaban J connectivity index is 1.74. The molecule has 0 aliphatic rings. The topological polar surface area (TPSA) is 109 Å². The van der Waals surface area contributed by atoms with E-state index in [-0.39, 0.29) is 28.4 Å². The molecule has 2 heterocycles. The van der Waals surface area contributed by atoms with Gasteiger partial charge < -0.3 is 9.72 Å². The number of aromatic amines is 1. The van der Waals surface area contributed by atoms with Crippen LogP contribution in [0.5, 0.6) is 0 Å². The molecule has 8 nitrogen and oxygen atoms in total. The van der Waals surface area contributed by atoms with Crippen molar-refractivity contribution in [3.63, 3.8) is 0 Å². The number of nitrogens with zero attached hydrogens (tertiary/aromatic N) is 2. The number of sulfonamides is 1. The van der Waals surface area contributed by atoms with E-state index in [9.17, 15) is 18.0 Å². The van der Waals surface area contributed by atoms with E-state index in [1.165, 1.54) is 39.9 Å². The number of ether oxygens (including phenoxy) is 1. The van der Waals surface area contributed by atoms with Crippen molar-refractivity contribution in [3.05, 3.63) is 56.4 Å². The summed E-state index contributed by atoms with van der Waals surface area (Å²) in [5.41, 5.74) is 0.839. The number of thiophene rings is 1. The highest BCUT2D eigenvalue weighted by atomic mass is 32.2. The van der Waals surface area contributed by atoms with Crippen LogP contribution in [-0.4, -0.2) is 41.7 Å². The Kier molecular flexibility index (Phi) is 6.39. The van der Waals surface area contributed by atoms with Crippen LogP contribution in [0.3, 0.4) is 0 Å². The number of rotatable bonds is 7. The van der Waals surface area contributed by atoms with Gasteiger partial charge in [-0.15, -0.1) is 11.3 Å². The Bertz CT molecular complexity index is 1240. The van der Waals surface area contributed by atoms with Gasteiger partial charge in [-0.1, -0.05) is 13.8 Å². The lowest BCUT2D eigenvalue weighted by atomic mass is 10.2. The molecule has 0 unspecified atom stereocenters. The minimum Gasteiger partial charge on any atom is -0.454 e. The summed E-state index contributed by atoms with van der Waals surface area (Å²) in [5.74, 6) is -0.383. The van der Waals surface area contributed by atoms with Crippen LogP contribution in [0.15, 0.2) is 34.0 Å². The number of aromatic nitrogens is 2. The molecule has 3 rings (SSSR count). The molecule has 0 spiro atoms. The SMILES string of the molecule is CCN(CC)S(=O)(=O)c1ccc(C(=O)OCc2nc3sc(C)c(C)c3c(=O)[nH]2)cc1. The van der Waals surface area contributed by atoms with Gasteiger partial charge in [0.1, 0.15) is 17.3 Å². The van der Waals surface area contributed by atoms with Gasteiger partial charge in [-0.25, -0.2) is 18.2 Å². The zero-order chi connectivity index (χ0) is 22.1. The lowest BCUT2D eigenvalue weighted by molar-refractivity contribution is 0.0462. The Hall–Kier alpha value is -2.56. The van der Waals surface area contributed by atoms with Crippen molar-refractivity contribution in [2.75, 3.05) is 13.1 Å². The molecule has 160 valence electrons. The maximum absolute atomic E-state index is 12.5. The van der Waals surface area contributed by atoms with E-state index in [1.807, 2.05) is 13.8 Å². The molecule has 10 heteroatoms. The molecule has 1 aromatic carbocycles. The van der Waals surface area contributed by atoms with E-state index < -0.39 is 16.0 Å². The minimum absolute atomic E-state index is 0.114. The molecule has 0 atom stereocenters. The molecule has 0 radical (unpaired) electrons. The van der Waals surface area contributed by atoms with Gasteiger partial charge in [0.15, 0.2) is 0 Å². The molecule has 0 fully saturated rings. The number of nitrogens with one attached hydrogen (secondary N) is 1. The summed E-state index contributed by atoms with van der Waals surface area (Å²) in [5, 5.41) is 0.553. The number of carbonyl (C=O) groups is 1. The highest BCUT2D eigenvalue weighted by Gasteiger charge is 2.22. The smallest absolute Gasteiger partial charge is 0.338 e. The van der Waals surface area contributed by atoms with E-state index in [1.54, 1.807) is 13.8 Å². The fourth-order valence-electron chi connectivity index (χ4n) is 3.06. The first-order valence-electron chi connectivity index (χ1n) is 9.45. The Morgan fingerprint density at radius 3 is 2.40 bits per heavy atom. The van der Waals surface area contributed by atoms with Gasteiger partial charge >= 0.3 is 5.97 Å². The summed E-state index contributed by atoms with van der Waals surface area (Å²) in [7, 11) is -3.59. The predicted molar refractivity (Wildman–Crippen MR) is 115 cm³/mol. The number of esters is 1. The molecule has 0 saturated heterocycles. The number of H-pyrrole nitrogens is 1. The summed E-state index contributed by atoms with van der Waals surface area (Å²) in [4.78, 5) is 33.4. The summed E-state index contributed by atoms with van der Waals surface area (Å²) < 4.78 is 31.6. The standard InChI is InChI=1S/C20H23N3O5S2/c1-5-23(6-2)30(26,27)15-9-7-14(8-10-15)20(25)28-11-16-21-18(24)17-12(3)13(4)29-19(17)22-16/h7-10H,5-6,11H2,1-4H3,(H,21,22,24). The van der Waals surface area contributed by atoms with Crippen LogP contribution in [0.4, 0.5) is 0 Å². The van der Waals surface area contributed by atoms with Gasteiger partial charge in [0.05, 0.1) is 15.8 Å². The molecular weight excluding hydrogens is 426 g/mol. The Morgan fingerprint density at radius 2 is 1.80 bits per heavy atom. The molecule has 30 heavy (non-hydrogen) atoms. The number of benzene rings is 1. The second-order valence-electron chi connectivity index (χ2n) is 6.67. The molecule has 1 N–H and O–H groups in total. The fraction of sp³-hybridized carbons (Fsp3) is 0.350. The second-order valence-corrected chi connectivity index (χ2v) is 9.81. The lowest BCUT2D eigenvalue weighted by Gasteiger charge is -2.18. The number of aryl methyl sites for hydroxylation is 2. The zero-order valence-corrected chi connectivity index (χ0v) is 18.8. The summed E-state index contributed by atoms with van der Waals surface area (Å²) in [6.45, 7) is 7.85. The maximum atomic E-state index is 12.5. The zero-order valence-electron chi connectivity index (χ0n) is 17.2. The number of fused-ring (bicyclic) bond motifs is 1. The third-order valence-corrected chi connectivity index (χ3v) is 8.03. The first-order valence-corrected chi connectivity index (χ1v) is 11.7. The first kappa shape index (κ1) is 22.1. The molecule has 0 saturated carbocycles. The van der Waals surface area contributed by atoms with Crippen molar-refractivity contribution in [2.45, 2.75) is 39.2 Å². The van der Waals surface area contributed by atoms with Crippen LogP contribution in [0.1, 0.15) is 40.5 Å². The van der Waals surface area contributed by atoms with Gasteiger partial charge in [0.25, 0.3) is 5.56 Å². The molecule has 2 aromatic heterocycles. The van der Waals surface area contributed by atoms with Crippen LogP contribution < -0.4 is 5.56 Å². The fourth-order valence-corrected chi connectivity index (χ4v) is 5.57. The van der Waals surface area contributed by atoms with Crippen molar-refractivity contribution in [1.82, 2.24) is 14.3 Å². The van der Waals surface area contributed by atoms with Gasteiger partial charge in [-0.3, -0.25) is 4.79 Å². The van der Waals surface area contributed by atoms with Crippen molar-refractivity contribution in [2.24, 2.45) is 0 Å². The Morgan fingerprint density at radius 1 is 1.17 bits per heavy atom. The lowest BCUT2D eigenvalue weighted by Crippen LogP contribution is -2.30. The average Bonchev–Trinajstić information content (AvgIpc) is 3.01. The summed E-state index contributed by atoms with van der Waals surface area (Å²) >= 11 is 1.42. The number of carbonyl (C=O) groups excluding carboxylic acids is 1. The van der Waals surface area contributed by atoms with Gasteiger partial charge in [0, 0.05) is 18.0 Å². The molecule has 0 bridgehead atoms. The third kappa shape index (κ3) is 4.16. The van der Waals surface area contributed by atoms with Gasteiger partial charge in [0.2, 0.25) is 10.0 Å². The van der Waals surface area contributed by atoms with Crippen molar-refractivity contribution in [3.8, 4) is 0 Å². The second kappa shape index (κ2) is 8.66. The van der Waals surface area contributed by atoms with Crippen LogP contribution in [-0.2, 0) is 21.4 Å². The van der Waals surface area contributed by atoms with Gasteiger partial charge in [-0.05, 0) is 43.7 Å². The van der Waals surface area contributed by atoms with Crippen LogP contribution in [0.25, 0.3) is 10.2 Å². The third-order valence-electron chi connectivity index (χ3n) is 4.86. The minimum atomic E-state index is -3.59. The maximum Gasteiger partial charge on any atom is 0.338 e. The Labute approximate surface area is 178 Å². The van der Waals surface area contributed by atoms with Crippen molar-refractivity contribution < 1.29 is 17.9 Å². The summed E-state index contributed by atoms with van der Waals surface area (Å²) in [6, 6.07) is 5.58. The van der Waals surface area contributed by atoms with Crippen molar-refractivity contribution in [1.29, 1.82) is 0 Å². The number of hydrogen-bond donors (Lipinski definition) is 1. The molecule has 0 aliphatic carbocycles. The molecular formula is C20H23N3O5S2. The van der Waals surface area contributed by atoms with E-state index >= 15 is 0 Å². The van der Waals surface area contributed by atoms with Crippen LogP contribution in [0, 0.1) is 13.8 Å². The number of hydrogen-bond acceptors (Lipinski definition) is 7. The summed E-state index contributed by atoms with van der Waals surface area (Å²) in [6.07, 6.45) is 0. The highest BCUT2D eigenvalue weighted by molar-refractivity contribution is 7.89. The predicted octanol–water partition coefficient (Wildman–Crippen LogP) is 2.99. The van der Waals surface area contributed by atoms with Crippen LogP contribution >= 0.6 is 11.3 Å². The first-order chi connectivity index (χ1) is 14.2. The molecule has 3 aromatic rings. The monoisotopic (exact) mass is 449 g/mol.